The molecule has 0 aliphatic heterocycles. The second-order valence-corrected chi connectivity index (χ2v) is 6.48. The lowest BCUT2D eigenvalue weighted by Gasteiger charge is -2.17. The molecule has 0 atom stereocenters. The van der Waals surface area contributed by atoms with Crippen LogP contribution >= 0.6 is 11.6 Å². The molecule has 1 fully saturated rings. The molecule has 1 aromatic rings. The number of anilines is 1. The Hall–Kier alpha value is -1.59. The third kappa shape index (κ3) is 4.03. The number of aryl methyl sites for hydroxylation is 2. The van der Waals surface area contributed by atoms with Crippen molar-refractivity contribution in [1.29, 1.82) is 0 Å². The highest BCUT2D eigenvalue weighted by molar-refractivity contribution is 6.34. The first kappa shape index (κ1) is 17.8. The molecule has 1 saturated carbocycles. The van der Waals surface area contributed by atoms with Crippen LogP contribution < -0.4 is 10.6 Å². The number of benzene rings is 1. The van der Waals surface area contributed by atoms with E-state index in [-0.39, 0.29) is 11.8 Å². The van der Waals surface area contributed by atoms with Crippen molar-refractivity contribution in [2.45, 2.75) is 33.1 Å². The second-order valence-electron chi connectivity index (χ2n) is 6.08. The fourth-order valence-corrected chi connectivity index (χ4v) is 2.95. The van der Waals surface area contributed by atoms with Crippen LogP contribution in [0.25, 0.3) is 0 Å². The molecule has 0 aromatic heterocycles. The van der Waals surface area contributed by atoms with Crippen LogP contribution in [-0.4, -0.2) is 32.1 Å². The van der Waals surface area contributed by atoms with Gasteiger partial charge in [0.15, 0.2) is 0 Å². The molecule has 0 unspecified atom stereocenters. The van der Waals surface area contributed by atoms with Crippen LogP contribution in [0.15, 0.2) is 12.1 Å². The first-order valence-electron chi connectivity index (χ1n) is 7.76. The third-order valence-corrected chi connectivity index (χ3v) is 4.40. The Balaban J connectivity index is 2.01. The average Bonchev–Trinajstić information content (AvgIpc) is 3.28. The Labute approximate surface area is 141 Å². The van der Waals surface area contributed by atoms with Gasteiger partial charge >= 0.3 is 0 Å². The highest BCUT2D eigenvalue weighted by Gasteiger charge is 2.56. The van der Waals surface area contributed by atoms with E-state index < -0.39 is 5.41 Å². The molecule has 0 radical (unpaired) electrons. The minimum atomic E-state index is -0.951. The highest BCUT2D eigenvalue weighted by Crippen LogP contribution is 2.47. The molecule has 126 valence electrons. The number of carbonyl (C=O) groups excluding carboxylic acids is 2. The molecule has 6 heteroatoms. The van der Waals surface area contributed by atoms with E-state index in [1.807, 2.05) is 19.9 Å². The number of ether oxygens (including phenoxy) is 1. The second kappa shape index (κ2) is 7.32. The van der Waals surface area contributed by atoms with Crippen molar-refractivity contribution in [2.75, 3.05) is 25.6 Å². The summed E-state index contributed by atoms with van der Waals surface area (Å²) < 4.78 is 4.94. The van der Waals surface area contributed by atoms with Gasteiger partial charge in [-0.05, 0) is 50.3 Å². The summed E-state index contributed by atoms with van der Waals surface area (Å²) >= 11 is 6.22. The molecular formula is C17H23ClN2O3. The Morgan fingerprint density at radius 3 is 2.52 bits per heavy atom. The standard InChI is InChI=1S/C17H23ClN2O3/c1-11-9-12(2)14(13(18)10-11)20-16(22)17(5-6-17)15(21)19-7-4-8-23-3/h9-10H,4-8H2,1-3H3,(H,19,21)(H,20,22). The molecule has 5 nitrogen and oxygen atoms in total. The number of halogens is 1. The largest absolute Gasteiger partial charge is 0.385 e. The lowest BCUT2D eigenvalue weighted by atomic mass is 10.0. The summed E-state index contributed by atoms with van der Waals surface area (Å²) in [5.41, 5.74) is 1.55. The highest BCUT2D eigenvalue weighted by atomic mass is 35.5. The summed E-state index contributed by atoms with van der Waals surface area (Å²) in [5.74, 6) is -0.498. The van der Waals surface area contributed by atoms with Crippen molar-refractivity contribution in [3.05, 3.63) is 28.3 Å². The predicted octanol–water partition coefficient (Wildman–Crippen LogP) is 2.83. The van der Waals surface area contributed by atoms with Gasteiger partial charge in [-0.15, -0.1) is 0 Å². The fraction of sp³-hybridized carbons (Fsp3) is 0.529. The number of nitrogens with one attached hydrogen (secondary N) is 2. The van der Waals surface area contributed by atoms with Gasteiger partial charge in [0.25, 0.3) is 0 Å². The van der Waals surface area contributed by atoms with E-state index in [0.29, 0.717) is 36.7 Å². The molecule has 2 rings (SSSR count). The molecule has 1 aliphatic carbocycles. The maximum atomic E-state index is 12.6. The Kier molecular flexibility index (Phi) is 5.65. The monoisotopic (exact) mass is 338 g/mol. The smallest absolute Gasteiger partial charge is 0.240 e. The average molecular weight is 339 g/mol. The molecule has 2 amide bonds. The fourth-order valence-electron chi connectivity index (χ4n) is 2.58. The summed E-state index contributed by atoms with van der Waals surface area (Å²) in [6.07, 6.45) is 1.86. The van der Waals surface area contributed by atoms with Crippen LogP contribution in [0.4, 0.5) is 5.69 Å². The summed E-state index contributed by atoms with van der Waals surface area (Å²) in [6.45, 7) is 4.92. The van der Waals surface area contributed by atoms with Crippen molar-refractivity contribution in [3.63, 3.8) is 0 Å². The Morgan fingerprint density at radius 2 is 1.96 bits per heavy atom. The van der Waals surface area contributed by atoms with Crippen LogP contribution in [0.3, 0.4) is 0 Å². The first-order valence-corrected chi connectivity index (χ1v) is 8.14. The van der Waals surface area contributed by atoms with Crippen molar-refractivity contribution < 1.29 is 14.3 Å². The summed E-state index contributed by atoms with van der Waals surface area (Å²) in [7, 11) is 1.62. The van der Waals surface area contributed by atoms with Gasteiger partial charge in [0, 0.05) is 20.3 Å². The Bertz CT molecular complexity index is 589. The number of hydrogen-bond acceptors (Lipinski definition) is 3. The van der Waals surface area contributed by atoms with Crippen LogP contribution in [0.2, 0.25) is 5.02 Å². The van der Waals surface area contributed by atoms with E-state index in [1.165, 1.54) is 0 Å². The first-order chi connectivity index (χ1) is 10.9. The lowest BCUT2D eigenvalue weighted by molar-refractivity contribution is -0.134. The predicted molar refractivity (Wildman–Crippen MR) is 90.7 cm³/mol. The summed E-state index contributed by atoms with van der Waals surface area (Å²) in [5, 5.41) is 6.14. The molecule has 0 bridgehead atoms. The van der Waals surface area contributed by atoms with E-state index in [4.69, 9.17) is 16.3 Å². The van der Waals surface area contributed by atoms with Crippen LogP contribution in [-0.2, 0) is 14.3 Å². The van der Waals surface area contributed by atoms with E-state index in [0.717, 1.165) is 17.5 Å². The summed E-state index contributed by atoms with van der Waals surface area (Å²) in [4.78, 5) is 24.9. The van der Waals surface area contributed by atoms with Crippen molar-refractivity contribution in [3.8, 4) is 0 Å². The van der Waals surface area contributed by atoms with Gasteiger partial charge in [-0.1, -0.05) is 17.7 Å². The normalized spacial score (nSPS) is 15.1. The van der Waals surface area contributed by atoms with Crippen molar-refractivity contribution in [2.24, 2.45) is 5.41 Å². The number of hydrogen-bond donors (Lipinski definition) is 2. The molecule has 1 aromatic carbocycles. The van der Waals surface area contributed by atoms with E-state index in [2.05, 4.69) is 10.6 Å². The zero-order chi connectivity index (χ0) is 17.0. The van der Waals surface area contributed by atoms with Gasteiger partial charge in [-0.2, -0.15) is 0 Å². The summed E-state index contributed by atoms with van der Waals surface area (Å²) in [6, 6.07) is 3.75. The lowest BCUT2D eigenvalue weighted by Crippen LogP contribution is -2.40. The van der Waals surface area contributed by atoms with Crippen LogP contribution in [0, 0.1) is 19.3 Å². The minimum absolute atomic E-state index is 0.216. The van der Waals surface area contributed by atoms with E-state index >= 15 is 0 Å². The zero-order valence-corrected chi connectivity index (χ0v) is 14.5. The molecular weight excluding hydrogens is 316 g/mol. The number of amides is 2. The van der Waals surface area contributed by atoms with Gasteiger partial charge < -0.3 is 15.4 Å². The number of carbonyl (C=O) groups is 2. The molecule has 2 N–H and O–H groups in total. The molecule has 1 aliphatic rings. The van der Waals surface area contributed by atoms with Crippen molar-refractivity contribution in [1.82, 2.24) is 5.32 Å². The topological polar surface area (TPSA) is 67.4 Å². The van der Waals surface area contributed by atoms with E-state index in [9.17, 15) is 9.59 Å². The molecule has 23 heavy (non-hydrogen) atoms. The van der Waals surface area contributed by atoms with Gasteiger partial charge in [0.2, 0.25) is 11.8 Å². The minimum Gasteiger partial charge on any atom is -0.385 e. The quantitative estimate of drug-likeness (QED) is 0.593. The van der Waals surface area contributed by atoms with Gasteiger partial charge in [-0.3, -0.25) is 9.59 Å². The maximum Gasteiger partial charge on any atom is 0.240 e. The number of rotatable bonds is 7. The van der Waals surface area contributed by atoms with Gasteiger partial charge in [-0.25, -0.2) is 0 Å². The molecule has 0 heterocycles. The third-order valence-electron chi connectivity index (χ3n) is 4.10. The van der Waals surface area contributed by atoms with Crippen LogP contribution in [0.1, 0.15) is 30.4 Å². The Morgan fingerprint density at radius 1 is 1.26 bits per heavy atom. The van der Waals surface area contributed by atoms with E-state index in [1.54, 1.807) is 13.2 Å². The zero-order valence-electron chi connectivity index (χ0n) is 13.8. The van der Waals surface area contributed by atoms with Crippen molar-refractivity contribution >= 4 is 29.1 Å². The maximum absolute atomic E-state index is 12.6. The van der Waals surface area contributed by atoms with Gasteiger partial charge in [0.05, 0.1) is 10.7 Å². The molecule has 0 saturated heterocycles. The van der Waals surface area contributed by atoms with Gasteiger partial charge in [0.1, 0.15) is 5.41 Å². The molecule has 0 spiro atoms. The number of methoxy groups -OCH3 is 1. The van der Waals surface area contributed by atoms with Crippen LogP contribution in [0.5, 0.6) is 0 Å². The SMILES string of the molecule is COCCCNC(=O)C1(C(=O)Nc2c(C)cc(C)cc2Cl)CC1.